The summed E-state index contributed by atoms with van der Waals surface area (Å²) < 4.78 is 13.6. The van der Waals surface area contributed by atoms with Crippen LogP contribution >= 0.6 is 0 Å². The van der Waals surface area contributed by atoms with Crippen LogP contribution in [0.5, 0.6) is 0 Å². The molecule has 0 unspecified atom stereocenters. The standard InChI is InChI=1S/C16H17FN2O/c1-11-7-13(9-14(18)8-11)16(20)19(2)10-12-5-3-4-6-15(12)17/h3-9H,10,18H2,1-2H3. The van der Waals surface area contributed by atoms with Crippen LogP contribution in [0.25, 0.3) is 0 Å². The summed E-state index contributed by atoms with van der Waals surface area (Å²) in [5, 5.41) is 0. The summed E-state index contributed by atoms with van der Waals surface area (Å²) >= 11 is 0. The molecule has 4 heteroatoms. The molecule has 3 nitrogen and oxygen atoms in total. The monoisotopic (exact) mass is 272 g/mol. The van der Waals surface area contributed by atoms with Gasteiger partial charge in [-0.3, -0.25) is 4.79 Å². The first kappa shape index (κ1) is 14.1. The van der Waals surface area contributed by atoms with E-state index in [9.17, 15) is 9.18 Å². The number of nitrogens with zero attached hydrogens (tertiary/aromatic N) is 1. The molecule has 2 rings (SSSR count). The lowest BCUT2D eigenvalue weighted by atomic mass is 10.1. The van der Waals surface area contributed by atoms with E-state index in [1.165, 1.54) is 11.0 Å². The highest BCUT2D eigenvalue weighted by molar-refractivity contribution is 5.95. The predicted molar refractivity (Wildman–Crippen MR) is 77.8 cm³/mol. The molecule has 104 valence electrons. The van der Waals surface area contributed by atoms with E-state index in [-0.39, 0.29) is 18.3 Å². The Morgan fingerprint density at radius 2 is 1.95 bits per heavy atom. The zero-order valence-corrected chi connectivity index (χ0v) is 11.6. The molecule has 0 bridgehead atoms. The Morgan fingerprint density at radius 3 is 2.60 bits per heavy atom. The SMILES string of the molecule is Cc1cc(N)cc(C(=O)N(C)Cc2ccccc2F)c1. The summed E-state index contributed by atoms with van der Waals surface area (Å²) in [7, 11) is 1.65. The minimum absolute atomic E-state index is 0.177. The molecule has 20 heavy (non-hydrogen) atoms. The lowest BCUT2D eigenvalue weighted by molar-refractivity contribution is 0.0784. The Kier molecular flexibility index (Phi) is 4.03. The van der Waals surface area contributed by atoms with Crippen molar-refractivity contribution < 1.29 is 9.18 Å². The first-order valence-electron chi connectivity index (χ1n) is 6.33. The van der Waals surface area contributed by atoms with Gasteiger partial charge in [0.1, 0.15) is 5.82 Å². The number of nitrogen functional groups attached to an aromatic ring is 1. The van der Waals surface area contributed by atoms with Crippen molar-refractivity contribution in [1.82, 2.24) is 4.90 Å². The fraction of sp³-hybridized carbons (Fsp3) is 0.188. The summed E-state index contributed by atoms with van der Waals surface area (Å²) in [6.45, 7) is 2.10. The highest BCUT2D eigenvalue weighted by Crippen LogP contribution is 2.15. The zero-order chi connectivity index (χ0) is 14.7. The maximum absolute atomic E-state index is 13.6. The number of aryl methyl sites for hydroxylation is 1. The number of carbonyl (C=O) groups excluding carboxylic acids is 1. The summed E-state index contributed by atoms with van der Waals surface area (Å²) in [6.07, 6.45) is 0. The lowest BCUT2D eigenvalue weighted by Crippen LogP contribution is -2.26. The first-order valence-corrected chi connectivity index (χ1v) is 6.33. The van der Waals surface area contributed by atoms with E-state index in [4.69, 9.17) is 5.73 Å². The van der Waals surface area contributed by atoms with Gasteiger partial charge in [-0.1, -0.05) is 18.2 Å². The molecule has 0 fully saturated rings. The van der Waals surface area contributed by atoms with Gasteiger partial charge in [0, 0.05) is 30.4 Å². The van der Waals surface area contributed by atoms with Crippen molar-refractivity contribution in [2.45, 2.75) is 13.5 Å². The smallest absolute Gasteiger partial charge is 0.253 e. The molecule has 0 heterocycles. The van der Waals surface area contributed by atoms with E-state index < -0.39 is 0 Å². The van der Waals surface area contributed by atoms with Crippen LogP contribution < -0.4 is 5.73 Å². The van der Waals surface area contributed by atoms with E-state index in [1.807, 2.05) is 6.92 Å². The first-order chi connectivity index (χ1) is 9.47. The van der Waals surface area contributed by atoms with Crippen molar-refractivity contribution in [2.75, 3.05) is 12.8 Å². The third kappa shape index (κ3) is 3.15. The van der Waals surface area contributed by atoms with Gasteiger partial charge in [-0.2, -0.15) is 0 Å². The second-order valence-corrected chi connectivity index (χ2v) is 4.88. The highest BCUT2D eigenvalue weighted by atomic mass is 19.1. The molecule has 0 aliphatic rings. The highest BCUT2D eigenvalue weighted by Gasteiger charge is 2.14. The molecule has 2 aromatic rings. The summed E-state index contributed by atoms with van der Waals surface area (Å²) in [5.74, 6) is -0.487. The van der Waals surface area contributed by atoms with E-state index in [0.717, 1.165) is 5.56 Å². The van der Waals surface area contributed by atoms with Gasteiger partial charge in [-0.05, 0) is 36.8 Å². The molecule has 0 saturated heterocycles. The molecule has 0 atom stereocenters. The predicted octanol–water partition coefficient (Wildman–Crippen LogP) is 2.99. The third-order valence-electron chi connectivity index (χ3n) is 3.06. The number of carbonyl (C=O) groups is 1. The fourth-order valence-corrected chi connectivity index (χ4v) is 2.11. The Bertz CT molecular complexity index is 620. The van der Waals surface area contributed by atoms with Gasteiger partial charge in [-0.15, -0.1) is 0 Å². The summed E-state index contributed by atoms with van der Waals surface area (Å²) in [4.78, 5) is 13.8. The Morgan fingerprint density at radius 1 is 1.25 bits per heavy atom. The largest absolute Gasteiger partial charge is 0.399 e. The van der Waals surface area contributed by atoms with Crippen LogP contribution in [0, 0.1) is 12.7 Å². The average molecular weight is 272 g/mol. The normalized spacial score (nSPS) is 10.3. The number of anilines is 1. The van der Waals surface area contributed by atoms with E-state index in [0.29, 0.717) is 16.8 Å². The second kappa shape index (κ2) is 5.74. The number of hydrogen-bond acceptors (Lipinski definition) is 2. The molecule has 0 aliphatic carbocycles. The van der Waals surface area contributed by atoms with Gasteiger partial charge in [0.05, 0.1) is 0 Å². The third-order valence-corrected chi connectivity index (χ3v) is 3.06. The Hall–Kier alpha value is -2.36. The average Bonchev–Trinajstić information content (AvgIpc) is 2.39. The van der Waals surface area contributed by atoms with E-state index in [1.54, 1.807) is 43.4 Å². The van der Waals surface area contributed by atoms with Gasteiger partial charge in [0.2, 0.25) is 0 Å². The van der Waals surface area contributed by atoms with Gasteiger partial charge in [0.15, 0.2) is 0 Å². The van der Waals surface area contributed by atoms with Gasteiger partial charge < -0.3 is 10.6 Å². The number of nitrogens with two attached hydrogens (primary N) is 1. The van der Waals surface area contributed by atoms with Gasteiger partial charge >= 0.3 is 0 Å². The van der Waals surface area contributed by atoms with Crippen molar-refractivity contribution >= 4 is 11.6 Å². The minimum Gasteiger partial charge on any atom is -0.399 e. The van der Waals surface area contributed by atoms with Crippen LogP contribution in [-0.2, 0) is 6.54 Å². The Labute approximate surface area is 117 Å². The van der Waals surface area contributed by atoms with Crippen molar-refractivity contribution in [2.24, 2.45) is 0 Å². The molecule has 0 spiro atoms. The molecule has 2 aromatic carbocycles. The van der Waals surface area contributed by atoms with E-state index >= 15 is 0 Å². The van der Waals surface area contributed by atoms with Crippen molar-refractivity contribution in [3.8, 4) is 0 Å². The van der Waals surface area contributed by atoms with Crippen LogP contribution in [-0.4, -0.2) is 17.9 Å². The molecule has 2 N–H and O–H groups in total. The fourth-order valence-electron chi connectivity index (χ4n) is 2.11. The zero-order valence-electron chi connectivity index (χ0n) is 11.6. The van der Waals surface area contributed by atoms with Crippen LogP contribution in [0.3, 0.4) is 0 Å². The molecule has 1 amide bonds. The topological polar surface area (TPSA) is 46.3 Å². The number of amides is 1. The van der Waals surface area contributed by atoms with Crippen LogP contribution in [0.1, 0.15) is 21.5 Å². The molecular formula is C16H17FN2O. The van der Waals surface area contributed by atoms with Gasteiger partial charge in [-0.25, -0.2) is 4.39 Å². The number of halogens is 1. The lowest BCUT2D eigenvalue weighted by Gasteiger charge is -2.18. The summed E-state index contributed by atoms with van der Waals surface area (Å²) in [5.41, 5.74) is 8.22. The maximum atomic E-state index is 13.6. The van der Waals surface area contributed by atoms with Crippen molar-refractivity contribution in [1.29, 1.82) is 0 Å². The second-order valence-electron chi connectivity index (χ2n) is 4.88. The number of rotatable bonds is 3. The van der Waals surface area contributed by atoms with Crippen molar-refractivity contribution in [3.63, 3.8) is 0 Å². The molecular weight excluding hydrogens is 255 g/mol. The van der Waals surface area contributed by atoms with Crippen molar-refractivity contribution in [3.05, 3.63) is 65.0 Å². The van der Waals surface area contributed by atoms with Crippen LogP contribution in [0.2, 0.25) is 0 Å². The molecule has 0 saturated carbocycles. The number of benzene rings is 2. The maximum Gasteiger partial charge on any atom is 0.253 e. The van der Waals surface area contributed by atoms with E-state index in [2.05, 4.69) is 0 Å². The van der Waals surface area contributed by atoms with Gasteiger partial charge in [0.25, 0.3) is 5.91 Å². The molecule has 0 aromatic heterocycles. The number of hydrogen-bond donors (Lipinski definition) is 1. The quantitative estimate of drug-likeness (QED) is 0.873. The molecule has 0 aliphatic heterocycles. The van der Waals surface area contributed by atoms with Crippen LogP contribution in [0.4, 0.5) is 10.1 Å². The Balaban J connectivity index is 2.18. The van der Waals surface area contributed by atoms with Crippen LogP contribution in [0.15, 0.2) is 42.5 Å². The minimum atomic E-state index is -0.309. The summed E-state index contributed by atoms with van der Waals surface area (Å²) in [6, 6.07) is 11.6. The molecule has 0 radical (unpaired) electrons.